The Kier molecular flexibility index (Phi) is 6.53. The number of unbranched alkanes of at least 4 members (excludes halogenated alkanes) is 4. The van der Waals surface area contributed by atoms with Crippen LogP contribution in [0, 0.1) is 0 Å². The number of ether oxygens (including phenoxy) is 1. The van der Waals surface area contributed by atoms with Crippen molar-refractivity contribution in [3.05, 3.63) is 24.3 Å². The van der Waals surface area contributed by atoms with Crippen LogP contribution in [0.25, 0.3) is 11.4 Å². The molecular formula is C16H22N4O3. The Morgan fingerprint density at radius 3 is 2.61 bits per heavy atom. The molecule has 0 fully saturated rings. The number of hydrogen-bond donors (Lipinski definition) is 1. The second-order valence-corrected chi connectivity index (χ2v) is 5.34. The molecule has 0 atom stereocenters. The molecule has 124 valence electrons. The lowest BCUT2D eigenvalue weighted by Crippen LogP contribution is -2.11. The predicted octanol–water partition coefficient (Wildman–Crippen LogP) is 2.77. The van der Waals surface area contributed by atoms with Gasteiger partial charge in [-0.3, -0.25) is 4.79 Å². The number of tetrazole rings is 1. The highest BCUT2D eigenvalue weighted by Crippen LogP contribution is 2.20. The number of benzene rings is 1. The van der Waals surface area contributed by atoms with Gasteiger partial charge in [0, 0.05) is 5.56 Å². The average Bonchev–Trinajstić information content (AvgIpc) is 2.99. The third-order valence-electron chi connectivity index (χ3n) is 3.45. The Balaban J connectivity index is 1.87. The molecular weight excluding hydrogens is 296 g/mol. The summed E-state index contributed by atoms with van der Waals surface area (Å²) in [6, 6.07) is 7.36. The number of aromatic nitrogens is 4. The van der Waals surface area contributed by atoms with Gasteiger partial charge in [0.25, 0.3) is 0 Å². The number of carbonyl (C=O) groups is 1. The van der Waals surface area contributed by atoms with E-state index in [4.69, 9.17) is 9.84 Å². The largest absolute Gasteiger partial charge is 0.494 e. The first-order valence-electron chi connectivity index (χ1n) is 7.92. The first-order valence-corrected chi connectivity index (χ1v) is 7.92. The number of carboxylic acids is 1. The Bertz CT molecular complexity index is 610. The fourth-order valence-corrected chi connectivity index (χ4v) is 2.24. The summed E-state index contributed by atoms with van der Waals surface area (Å²) < 4.78 is 6.96. The highest BCUT2D eigenvalue weighted by Gasteiger charge is 2.11. The number of carboxylic acid groups (broad SMARTS) is 1. The summed E-state index contributed by atoms with van der Waals surface area (Å²) in [5.41, 5.74) is 0.756. The second-order valence-electron chi connectivity index (χ2n) is 5.34. The van der Waals surface area contributed by atoms with E-state index < -0.39 is 5.97 Å². The molecule has 7 nitrogen and oxygen atoms in total. The molecule has 0 aliphatic rings. The summed E-state index contributed by atoms with van der Waals surface area (Å²) in [7, 11) is 0. The predicted molar refractivity (Wildman–Crippen MR) is 85.1 cm³/mol. The maximum absolute atomic E-state index is 10.8. The van der Waals surface area contributed by atoms with Gasteiger partial charge in [-0.25, -0.2) is 4.68 Å². The van der Waals surface area contributed by atoms with E-state index in [0.29, 0.717) is 12.4 Å². The summed E-state index contributed by atoms with van der Waals surface area (Å²) >= 11 is 0. The zero-order valence-corrected chi connectivity index (χ0v) is 13.3. The van der Waals surface area contributed by atoms with Gasteiger partial charge in [0.05, 0.1) is 6.61 Å². The van der Waals surface area contributed by atoms with Crippen LogP contribution in [-0.2, 0) is 11.3 Å². The Labute approximate surface area is 135 Å². The van der Waals surface area contributed by atoms with E-state index in [1.165, 1.54) is 30.4 Å². The lowest BCUT2D eigenvalue weighted by atomic mass is 10.2. The monoisotopic (exact) mass is 318 g/mol. The highest BCUT2D eigenvalue weighted by atomic mass is 16.5. The lowest BCUT2D eigenvalue weighted by molar-refractivity contribution is -0.137. The van der Waals surface area contributed by atoms with Crippen LogP contribution in [-0.4, -0.2) is 37.9 Å². The first-order chi connectivity index (χ1) is 11.2. The van der Waals surface area contributed by atoms with Crippen molar-refractivity contribution in [2.45, 2.75) is 45.6 Å². The first kappa shape index (κ1) is 16.9. The van der Waals surface area contributed by atoms with Gasteiger partial charge in [-0.2, -0.15) is 0 Å². The fraction of sp³-hybridized carbons (Fsp3) is 0.500. The van der Waals surface area contributed by atoms with Crippen LogP contribution in [0.4, 0.5) is 0 Å². The van der Waals surface area contributed by atoms with Crippen LogP contribution >= 0.6 is 0 Å². The molecule has 0 saturated heterocycles. The standard InChI is InChI=1S/C16H22N4O3/c1-2-3-4-5-6-11-23-14-9-7-13(8-10-14)16-17-18-19-20(16)12-15(21)22/h7-10H,2-6,11-12H2,1H3,(H,21,22). The highest BCUT2D eigenvalue weighted by molar-refractivity contribution is 5.67. The molecule has 0 unspecified atom stereocenters. The molecule has 0 radical (unpaired) electrons. The number of rotatable bonds is 10. The van der Waals surface area contributed by atoms with E-state index in [1.54, 1.807) is 0 Å². The van der Waals surface area contributed by atoms with Crippen molar-refractivity contribution in [1.29, 1.82) is 0 Å². The average molecular weight is 318 g/mol. The molecule has 7 heteroatoms. The molecule has 23 heavy (non-hydrogen) atoms. The van der Waals surface area contributed by atoms with Gasteiger partial charge in [-0.15, -0.1) is 5.10 Å². The lowest BCUT2D eigenvalue weighted by Gasteiger charge is -2.07. The molecule has 0 spiro atoms. The van der Waals surface area contributed by atoms with E-state index >= 15 is 0 Å². The van der Waals surface area contributed by atoms with Crippen LogP contribution < -0.4 is 4.74 Å². The minimum absolute atomic E-state index is 0.266. The summed E-state index contributed by atoms with van der Waals surface area (Å²) in [6.07, 6.45) is 6.02. The van der Waals surface area contributed by atoms with Crippen molar-refractivity contribution in [1.82, 2.24) is 20.2 Å². The van der Waals surface area contributed by atoms with Gasteiger partial charge in [0.2, 0.25) is 0 Å². The van der Waals surface area contributed by atoms with Crippen molar-refractivity contribution in [3.8, 4) is 17.1 Å². The zero-order valence-electron chi connectivity index (χ0n) is 13.3. The number of nitrogens with zero attached hydrogens (tertiary/aromatic N) is 4. The molecule has 0 aliphatic heterocycles. The molecule has 1 aromatic carbocycles. The summed E-state index contributed by atoms with van der Waals surface area (Å²) in [4.78, 5) is 10.8. The van der Waals surface area contributed by atoms with Gasteiger partial charge in [-0.1, -0.05) is 32.6 Å². The van der Waals surface area contributed by atoms with Gasteiger partial charge < -0.3 is 9.84 Å². The summed E-state index contributed by atoms with van der Waals surface area (Å²) in [6.45, 7) is 2.64. The molecule has 2 aromatic rings. The van der Waals surface area contributed by atoms with Crippen molar-refractivity contribution in [3.63, 3.8) is 0 Å². The molecule has 0 amide bonds. The van der Waals surface area contributed by atoms with Crippen molar-refractivity contribution in [2.75, 3.05) is 6.61 Å². The van der Waals surface area contributed by atoms with Gasteiger partial charge >= 0.3 is 5.97 Å². The third kappa shape index (κ3) is 5.36. The minimum atomic E-state index is -0.985. The third-order valence-corrected chi connectivity index (χ3v) is 3.45. The van der Waals surface area contributed by atoms with Gasteiger partial charge in [0.1, 0.15) is 12.3 Å². The fourth-order valence-electron chi connectivity index (χ4n) is 2.24. The molecule has 1 aromatic heterocycles. The smallest absolute Gasteiger partial charge is 0.325 e. The van der Waals surface area contributed by atoms with Crippen molar-refractivity contribution in [2.24, 2.45) is 0 Å². The van der Waals surface area contributed by atoms with E-state index in [0.717, 1.165) is 17.7 Å². The van der Waals surface area contributed by atoms with Crippen molar-refractivity contribution < 1.29 is 14.6 Å². The molecule has 1 heterocycles. The van der Waals surface area contributed by atoms with Crippen LogP contribution in [0.1, 0.15) is 39.0 Å². The number of hydrogen-bond acceptors (Lipinski definition) is 5. The van der Waals surface area contributed by atoms with Crippen LogP contribution in [0.5, 0.6) is 5.75 Å². The van der Waals surface area contributed by atoms with E-state index in [9.17, 15) is 4.79 Å². The SMILES string of the molecule is CCCCCCCOc1ccc(-c2nnnn2CC(=O)O)cc1. The molecule has 0 saturated carbocycles. The Morgan fingerprint density at radius 2 is 1.91 bits per heavy atom. The Morgan fingerprint density at radius 1 is 1.17 bits per heavy atom. The molecule has 0 bridgehead atoms. The quantitative estimate of drug-likeness (QED) is 0.677. The zero-order chi connectivity index (χ0) is 16.5. The van der Waals surface area contributed by atoms with Crippen molar-refractivity contribution >= 4 is 5.97 Å². The van der Waals surface area contributed by atoms with E-state index in [1.807, 2.05) is 24.3 Å². The van der Waals surface area contributed by atoms with Gasteiger partial charge in [0.15, 0.2) is 5.82 Å². The van der Waals surface area contributed by atoms with Crippen LogP contribution in [0.15, 0.2) is 24.3 Å². The maximum Gasteiger partial charge on any atom is 0.325 e. The summed E-state index contributed by atoms with van der Waals surface area (Å²) in [5, 5.41) is 19.9. The second kappa shape index (κ2) is 8.87. The molecule has 0 aliphatic carbocycles. The minimum Gasteiger partial charge on any atom is -0.494 e. The maximum atomic E-state index is 10.8. The molecule has 1 N–H and O–H groups in total. The summed E-state index contributed by atoms with van der Waals surface area (Å²) in [5.74, 6) is 0.238. The Hall–Kier alpha value is -2.44. The van der Waals surface area contributed by atoms with Crippen LogP contribution in [0.3, 0.4) is 0 Å². The van der Waals surface area contributed by atoms with E-state index in [-0.39, 0.29) is 6.54 Å². The van der Waals surface area contributed by atoms with E-state index in [2.05, 4.69) is 22.4 Å². The topological polar surface area (TPSA) is 90.1 Å². The normalized spacial score (nSPS) is 10.7. The van der Waals surface area contributed by atoms with Crippen LogP contribution in [0.2, 0.25) is 0 Å². The molecule has 2 rings (SSSR count). The van der Waals surface area contributed by atoms with Gasteiger partial charge in [-0.05, 0) is 41.1 Å². The number of aliphatic carboxylic acids is 1.